The number of hydrogen-bond donors (Lipinski definition) is 1. The first kappa shape index (κ1) is 14.3. The molecular weight excluding hydrogens is 254 g/mol. The predicted molar refractivity (Wildman–Crippen MR) is 90.7 cm³/mol. The Kier molecular flexibility index (Phi) is 4.12. The zero-order valence-corrected chi connectivity index (χ0v) is 13.3. The van der Waals surface area contributed by atoms with Gasteiger partial charge in [-0.3, -0.25) is 0 Å². The van der Waals surface area contributed by atoms with E-state index in [1.54, 1.807) is 0 Å². The van der Waals surface area contributed by atoms with Crippen LogP contribution in [0.2, 0.25) is 0 Å². The van der Waals surface area contributed by atoms with Crippen molar-refractivity contribution in [3.05, 3.63) is 59.2 Å². The van der Waals surface area contributed by atoms with Crippen molar-refractivity contribution in [2.75, 3.05) is 7.05 Å². The molecule has 0 spiro atoms. The second kappa shape index (κ2) is 6.03. The van der Waals surface area contributed by atoms with Gasteiger partial charge >= 0.3 is 0 Å². The molecule has 2 aromatic rings. The Morgan fingerprint density at radius 2 is 1.90 bits per heavy atom. The molecule has 1 aliphatic carbocycles. The Morgan fingerprint density at radius 1 is 1.14 bits per heavy atom. The highest BCUT2D eigenvalue weighted by atomic mass is 14.9. The van der Waals surface area contributed by atoms with Gasteiger partial charge in [0.25, 0.3) is 0 Å². The molecule has 1 aliphatic rings. The van der Waals surface area contributed by atoms with E-state index in [-0.39, 0.29) is 0 Å². The van der Waals surface area contributed by atoms with E-state index in [1.807, 2.05) is 0 Å². The minimum absolute atomic E-state index is 0.527. The number of rotatable bonds is 4. The Morgan fingerprint density at radius 3 is 2.57 bits per heavy atom. The molecule has 3 rings (SSSR count). The molecule has 21 heavy (non-hydrogen) atoms. The summed E-state index contributed by atoms with van der Waals surface area (Å²) in [6, 6.07) is 16.5. The second-order valence-electron chi connectivity index (χ2n) is 6.18. The van der Waals surface area contributed by atoms with Gasteiger partial charge in [0.15, 0.2) is 0 Å². The minimum atomic E-state index is 0.527. The maximum absolute atomic E-state index is 3.43. The van der Waals surface area contributed by atoms with Gasteiger partial charge in [0.1, 0.15) is 0 Å². The van der Waals surface area contributed by atoms with Crippen molar-refractivity contribution in [1.29, 1.82) is 0 Å². The lowest BCUT2D eigenvalue weighted by Crippen LogP contribution is -2.12. The van der Waals surface area contributed by atoms with Crippen LogP contribution in [0.3, 0.4) is 0 Å². The Bertz CT molecular complexity index is 612. The molecule has 0 radical (unpaired) electrons. The van der Waals surface area contributed by atoms with Crippen molar-refractivity contribution in [2.24, 2.45) is 0 Å². The summed E-state index contributed by atoms with van der Waals surface area (Å²) < 4.78 is 0. The van der Waals surface area contributed by atoms with Gasteiger partial charge in [-0.25, -0.2) is 0 Å². The molecular formula is C20H25N. The van der Waals surface area contributed by atoms with Crippen molar-refractivity contribution >= 4 is 0 Å². The quantitative estimate of drug-likeness (QED) is 0.823. The fourth-order valence-corrected chi connectivity index (χ4v) is 3.45. The fourth-order valence-electron chi connectivity index (χ4n) is 3.45. The summed E-state index contributed by atoms with van der Waals surface area (Å²) in [5.41, 5.74) is 7.24. The largest absolute Gasteiger partial charge is 0.313 e. The third kappa shape index (κ3) is 2.63. The van der Waals surface area contributed by atoms with Crippen molar-refractivity contribution in [3.8, 4) is 11.1 Å². The minimum Gasteiger partial charge on any atom is -0.313 e. The molecule has 2 unspecified atom stereocenters. The second-order valence-corrected chi connectivity index (χ2v) is 6.18. The Hall–Kier alpha value is -1.60. The molecule has 1 N–H and O–H groups in total. The van der Waals surface area contributed by atoms with Crippen LogP contribution in [0.1, 0.15) is 55.3 Å². The van der Waals surface area contributed by atoms with Gasteiger partial charge in [-0.15, -0.1) is 0 Å². The number of nitrogens with one attached hydrogen (secondary N) is 1. The van der Waals surface area contributed by atoms with Crippen molar-refractivity contribution in [3.63, 3.8) is 0 Å². The fraction of sp³-hybridized carbons (Fsp3) is 0.400. The summed E-state index contributed by atoms with van der Waals surface area (Å²) in [6.07, 6.45) is 3.60. The highest BCUT2D eigenvalue weighted by Crippen LogP contribution is 2.37. The van der Waals surface area contributed by atoms with Crippen LogP contribution in [0.5, 0.6) is 0 Å². The molecule has 0 saturated heterocycles. The van der Waals surface area contributed by atoms with E-state index in [1.165, 1.54) is 47.1 Å². The van der Waals surface area contributed by atoms with Gasteiger partial charge in [0, 0.05) is 6.04 Å². The third-order valence-corrected chi connectivity index (χ3v) is 5.02. The summed E-state index contributed by atoms with van der Waals surface area (Å²) in [6.45, 7) is 4.55. The van der Waals surface area contributed by atoms with Crippen LogP contribution < -0.4 is 5.32 Å². The SMILES string of the molecule is CCC(C)c1ccc(-c2cccc3c2CCC3NC)cc1. The lowest BCUT2D eigenvalue weighted by Gasteiger charge is -2.14. The average Bonchev–Trinajstić information content (AvgIpc) is 2.97. The molecule has 2 atom stereocenters. The number of hydrogen-bond acceptors (Lipinski definition) is 1. The topological polar surface area (TPSA) is 12.0 Å². The molecule has 0 fully saturated rings. The molecule has 2 aromatic carbocycles. The van der Waals surface area contributed by atoms with Gasteiger partial charge in [-0.2, -0.15) is 0 Å². The molecule has 1 nitrogen and oxygen atoms in total. The van der Waals surface area contributed by atoms with Gasteiger partial charge in [0.05, 0.1) is 0 Å². The Labute approximate surface area is 128 Å². The first-order valence-corrected chi connectivity index (χ1v) is 8.14. The molecule has 0 heterocycles. The van der Waals surface area contributed by atoms with E-state index in [0.717, 1.165) is 0 Å². The Balaban J connectivity index is 1.97. The highest BCUT2D eigenvalue weighted by molar-refractivity contribution is 5.70. The summed E-state index contributed by atoms with van der Waals surface area (Å²) in [5.74, 6) is 0.647. The van der Waals surface area contributed by atoms with Crippen LogP contribution in [-0.4, -0.2) is 7.05 Å². The van der Waals surface area contributed by atoms with Crippen molar-refractivity contribution in [2.45, 2.75) is 45.1 Å². The summed E-state index contributed by atoms with van der Waals surface area (Å²) in [5, 5.41) is 3.43. The maximum Gasteiger partial charge on any atom is 0.0323 e. The van der Waals surface area contributed by atoms with E-state index in [2.05, 4.69) is 68.7 Å². The van der Waals surface area contributed by atoms with Gasteiger partial charge in [0.2, 0.25) is 0 Å². The third-order valence-electron chi connectivity index (χ3n) is 5.02. The van der Waals surface area contributed by atoms with Gasteiger partial charge in [-0.05, 0) is 60.0 Å². The van der Waals surface area contributed by atoms with Gasteiger partial charge < -0.3 is 5.32 Å². The maximum atomic E-state index is 3.43. The molecule has 1 heteroatoms. The monoisotopic (exact) mass is 279 g/mol. The van der Waals surface area contributed by atoms with Crippen LogP contribution >= 0.6 is 0 Å². The van der Waals surface area contributed by atoms with E-state index in [4.69, 9.17) is 0 Å². The van der Waals surface area contributed by atoms with E-state index in [9.17, 15) is 0 Å². The summed E-state index contributed by atoms with van der Waals surface area (Å²) in [4.78, 5) is 0. The van der Waals surface area contributed by atoms with E-state index >= 15 is 0 Å². The lowest BCUT2D eigenvalue weighted by atomic mass is 9.93. The van der Waals surface area contributed by atoms with Crippen LogP contribution in [0.4, 0.5) is 0 Å². The van der Waals surface area contributed by atoms with E-state index < -0.39 is 0 Å². The zero-order valence-electron chi connectivity index (χ0n) is 13.3. The van der Waals surface area contributed by atoms with Crippen molar-refractivity contribution in [1.82, 2.24) is 5.32 Å². The highest BCUT2D eigenvalue weighted by Gasteiger charge is 2.23. The number of benzene rings is 2. The van der Waals surface area contributed by atoms with Crippen LogP contribution in [0.25, 0.3) is 11.1 Å². The predicted octanol–water partition coefficient (Wildman–Crippen LogP) is 5.07. The summed E-state index contributed by atoms with van der Waals surface area (Å²) in [7, 11) is 2.06. The van der Waals surface area contributed by atoms with E-state index in [0.29, 0.717) is 12.0 Å². The molecule has 0 saturated carbocycles. The molecule has 0 aliphatic heterocycles. The summed E-state index contributed by atoms with van der Waals surface area (Å²) >= 11 is 0. The molecule has 110 valence electrons. The first-order valence-electron chi connectivity index (χ1n) is 8.14. The molecule has 0 amide bonds. The van der Waals surface area contributed by atoms with Crippen LogP contribution in [0.15, 0.2) is 42.5 Å². The molecule has 0 aromatic heterocycles. The van der Waals surface area contributed by atoms with Gasteiger partial charge in [-0.1, -0.05) is 56.3 Å². The number of fused-ring (bicyclic) bond motifs is 1. The average molecular weight is 279 g/mol. The zero-order chi connectivity index (χ0) is 14.8. The van der Waals surface area contributed by atoms with Crippen LogP contribution in [0, 0.1) is 0 Å². The first-order chi connectivity index (χ1) is 10.2. The van der Waals surface area contributed by atoms with Crippen LogP contribution in [-0.2, 0) is 6.42 Å². The smallest absolute Gasteiger partial charge is 0.0323 e. The lowest BCUT2D eigenvalue weighted by molar-refractivity contribution is 0.590. The molecule has 0 bridgehead atoms. The standard InChI is InChI=1S/C20H25N/c1-4-14(2)15-8-10-16(11-9-15)17-6-5-7-19-18(17)12-13-20(19)21-3/h5-11,14,20-21H,4,12-13H2,1-3H3. The van der Waals surface area contributed by atoms with Crippen molar-refractivity contribution < 1.29 is 0 Å². The normalized spacial score (nSPS) is 18.5.